The highest BCUT2D eigenvalue weighted by Gasteiger charge is 2.31. The van der Waals surface area contributed by atoms with E-state index in [4.69, 9.17) is 11.5 Å². The minimum absolute atomic E-state index is 0.0455. The molecule has 0 unspecified atom stereocenters. The molecule has 7 heteroatoms. The highest BCUT2D eigenvalue weighted by Crippen LogP contribution is 2.32. The van der Waals surface area contributed by atoms with Gasteiger partial charge in [-0.2, -0.15) is 13.2 Å². The molecule has 1 amide bonds. The van der Waals surface area contributed by atoms with Crippen LogP contribution in [0.4, 0.5) is 18.9 Å². The van der Waals surface area contributed by atoms with Crippen LogP contribution in [0.15, 0.2) is 18.2 Å². The zero-order chi connectivity index (χ0) is 14.6. The second kappa shape index (κ2) is 6.03. The topological polar surface area (TPSA) is 81.1 Å². The van der Waals surface area contributed by atoms with Gasteiger partial charge in [0.2, 0.25) is 5.91 Å². The third-order valence-corrected chi connectivity index (χ3v) is 2.60. The van der Waals surface area contributed by atoms with Crippen molar-refractivity contribution in [2.75, 3.05) is 5.32 Å². The van der Waals surface area contributed by atoms with E-state index in [1.165, 1.54) is 6.07 Å². The van der Waals surface area contributed by atoms with Gasteiger partial charge in [-0.25, -0.2) is 0 Å². The zero-order valence-electron chi connectivity index (χ0n) is 10.4. The number of rotatable bonds is 4. The summed E-state index contributed by atoms with van der Waals surface area (Å²) in [6.45, 7) is 1.66. The van der Waals surface area contributed by atoms with Crippen LogP contribution in [0.25, 0.3) is 0 Å². The van der Waals surface area contributed by atoms with Crippen molar-refractivity contribution in [1.82, 2.24) is 0 Å². The Labute approximate surface area is 109 Å². The van der Waals surface area contributed by atoms with Crippen LogP contribution in [-0.2, 0) is 17.5 Å². The lowest BCUT2D eigenvalue weighted by Crippen LogP contribution is -2.34. The van der Waals surface area contributed by atoms with E-state index in [-0.39, 0.29) is 17.8 Å². The maximum Gasteiger partial charge on any atom is 0.416 e. The van der Waals surface area contributed by atoms with E-state index in [9.17, 15) is 18.0 Å². The average molecular weight is 275 g/mol. The fourth-order valence-electron chi connectivity index (χ4n) is 1.47. The number of hydrogen-bond acceptors (Lipinski definition) is 3. The van der Waals surface area contributed by atoms with Crippen LogP contribution >= 0.6 is 0 Å². The fourth-order valence-corrected chi connectivity index (χ4v) is 1.47. The van der Waals surface area contributed by atoms with Gasteiger partial charge in [-0.1, -0.05) is 6.92 Å². The van der Waals surface area contributed by atoms with Gasteiger partial charge in [0.15, 0.2) is 0 Å². The van der Waals surface area contributed by atoms with E-state index >= 15 is 0 Å². The average Bonchev–Trinajstić information content (AvgIpc) is 2.36. The Balaban J connectivity index is 3.04. The predicted octanol–water partition coefficient (Wildman–Crippen LogP) is 1.84. The largest absolute Gasteiger partial charge is 0.416 e. The summed E-state index contributed by atoms with van der Waals surface area (Å²) in [6, 6.07) is 2.46. The summed E-state index contributed by atoms with van der Waals surface area (Å²) in [5.74, 6) is -0.523. The molecule has 0 radical (unpaired) electrons. The summed E-state index contributed by atoms with van der Waals surface area (Å²) in [6.07, 6.45) is -4.09. The summed E-state index contributed by atoms with van der Waals surface area (Å²) >= 11 is 0. The van der Waals surface area contributed by atoms with Crippen LogP contribution < -0.4 is 16.8 Å². The van der Waals surface area contributed by atoms with Gasteiger partial charge in [0.25, 0.3) is 0 Å². The first-order valence-electron chi connectivity index (χ1n) is 5.75. The molecular weight excluding hydrogens is 259 g/mol. The maximum absolute atomic E-state index is 12.7. The van der Waals surface area contributed by atoms with Gasteiger partial charge in [-0.05, 0) is 30.2 Å². The summed E-state index contributed by atoms with van der Waals surface area (Å²) in [5, 5.41) is 2.36. The molecule has 19 heavy (non-hydrogen) atoms. The predicted molar refractivity (Wildman–Crippen MR) is 66.2 cm³/mol. The first-order chi connectivity index (χ1) is 8.77. The summed E-state index contributed by atoms with van der Waals surface area (Å²) < 4.78 is 38.0. The first-order valence-corrected chi connectivity index (χ1v) is 5.75. The zero-order valence-corrected chi connectivity index (χ0v) is 10.4. The SMILES string of the molecule is CC[C@H](N)C(=O)Nc1cc(CN)cc(C(F)(F)F)c1. The standard InChI is InChI=1S/C12H16F3N3O/c1-2-10(17)11(19)18-9-4-7(6-16)3-8(5-9)12(13,14)15/h3-5,10H,2,6,16-17H2,1H3,(H,18,19)/t10-/m0/s1. The van der Waals surface area contributed by atoms with Gasteiger partial charge in [-0.3, -0.25) is 4.79 Å². The van der Waals surface area contributed by atoms with Crippen LogP contribution in [0, 0.1) is 0 Å². The summed E-state index contributed by atoms with van der Waals surface area (Å²) in [5.41, 5.74) is 10.3. The highest BCUT2D eigenvalue weighted by molar-refractivity contribution is 5.94. The Kier molecular flexibility index (Phi) is 4.90. The van der Waals surface area contributed by atoms with E-state index in [0.717, 1.165) is 12.1 Å². The normalized spacial score (nSPS) is 13.2. The number of benzene rings is 1. The van der Waals surface area contributed by atoms with Crippen molar-refractivity contribution < 1.29 is 18.0 Å². The molecule has 0 bridgehead atoms. The fraction of sp³-hybridized carbons (Fsp3) is 0.417. The van der Waals surface area contributed by atoms with Gasteiger partial charge in [-0.15, -0.1) is 0 Å². The second-order valence-corrected chi connectivity index (χ2v) is 4.12. The third kappa shape index (κ3) is 4.22. The number of anilines is 1. The van der Waals surface area contributed by atoms with Crippen LogP contribution in [0.1, 0.15) is 24.5 Å². The number of nitrogens with one attached hydrogen (secondary N) is 1. The molecule has 0 spiro atoms. The Hall–Kier alpha value is -1.60. The molecule has 0 saturated carbocycles. The number of hydrogen-bond donors (Lipinski definition) is 3. The molecule has 0 saturated heterocycles. The molecule has 0 heterocycles. The van der Waals surface area contributed by atoms with Gasteiger partial charge in [0.05, 0.1) is 11.6 Å². The number of alkyl halides is 3. The lowest BCUT2D eigenvalue weighted by Gasteiger charge is -2.14. The molecule has 1 atom stereocenters. The number of carbonyl (C=O) groups is 1. The minimum atomic E-state index is -4.49. The molecule has 1 aromatic carbocycles. The van der Waals surface area contributed by atoms with E-state index in [1.807, 2.05) is 0 Å². The van der Waals surface area contributed by atoms with Gasteiger partial charge in [0.1, 0.15) is 0 Å². The quantitative estimate of drug-likeness (QED) is 0.784. The van der Waals surface area contributed by atoms with Crippen LogP contribution in [0.5, 0.6) is 0 Å². The number of amides is 1. The number of carbonyl (C=O) groups excluding carboxylic acids is 1. The van der Waals surface area contributed by atoms with Crippen molar-refractivity contribution in [1.29, 1.82) is 0 Å². The lowest BCUT2D eigenvalue weighted by atomic mass is 10.1. The van der Waals surface area contributed by atoms with E-state index < -0.39 is 23.7 Å². The number of halogens is 3. The smallest absolute Gasteiger partial charge is 0.326 e. The minimum Gasteiger partial charge on any atom is -0.326 e. The molecule has 0 aliphatic rings. The molecule has 0 aromatic heterocycles. The molecule has 0 aliphatic heterocycles. The maximum atomic E-state index is 12.7. The molecule has 4 nitrogen and oxygen atoms in total. The van der Waals surface area contributed by atoms with Crippen molar-refractivity contribution in [2.24, 2.45) is 11.5 Å². The van der Waals surface area contributed by atoms with E-state index in [2.05, 4.69) is 5.32 Å². The van der Waals surface area contributed by atoms with Crippen molar-refractivity contribution in [3.05, 3.63) is 29.3 Å². The second-order valence-electron chi connectivity index (χ2n) is 4.12. The van der Waals surface area contributed by atoms with Gasteiger partial charge >= 0.3 is 6.18 Å². The molecule has 1 aromatic rings. The van der Waals surface area contributed by atoms with Crippen LogP contribution in [0.3, 0.4) is 0 Å². The Bertz CT molecular complexity index is 460. The van der Waals surface area contributed by atoms with Crippen LogP contribution in [0.2, 0.25) is 0 Å². The Morgan fingerprint density at radius 3 is 2.47 bits per heavy atom. The van der Waals surface area contributed by atoms with Crippen molar-refractivity contribution in [3.8, 4) is 0 Å². The molecule has 0 fully saturated rings. The molecule has 1 rings (SSSR count). The Morgan fingerprint density at radius 2 is 2.00 bits per heavy atom. The molecule has 5 N–H and O–H groups in total. The van der Waals surface area contributed by atoms with Crippen LogP contribution in [-0.4, -0.2) is 11.9 Å². The van der Waals surface area contributed by atoms with E-state index in [0.29, 0.717) is 6.42 Å². The lowest BCUT2D eigenvalue weighted by molar-refractivity contribution is -0.137. The monoisotopic (exact) mass is 275 g/mol. The molecular formula is C12H16F3N3O. The van der Waals surface area contributed by atoms with Crippen molar-refractivity contribution >= 4 is 11.6 Å². The number of nitrogens with two attached hydrogens (primary N) is 2. The Morgan fingerprint density at radius 1 is 1.37 bits per heavy atom. The molecule has 0 aliphatic carbocycles. The first kappa shape index (κ1) is 15.5. The summed E-state index contributed by atoms with van der Waals surface area (Å²) in [4.78, 5) is 11.6. The van der Waals surface area contributed by atoms with Crippen molar-refractivity contribution in [2.45, 2.75) is 32.1 Å². The van der Waals surface area contributed by atoms with Crippen molar-refractivity contribution in [3.63, 3.8) is 0 Å². The summed E-state index contributed by atoms with van der Waals surface area (Å²) in [7, 11) is 0. The third-order valence-electron chi connectivity index (χ3n) is 2.60. The molecule has 106 valence electrons. The van der Waals surface area contributed by atoms with Gasteiger partial charge < -0.3 is 16.8 Å². The van der Waals surface area contributed by atoms with Gasteiger partial charge in [0, 0.05) is 12.2 Å². The highest BCUT2D eigenvalue weighted by atomic mass is 19.4. The van der Waals surface area contributed by atoms with E-state index in [1.54, 1.807) is 6.92 Å².